The summed E-state index contributed by atoms with van der Waals surface area (Å²) in [5.41, 5.74) is 2.71. The van der Waals surface area contributed by atoms with Crippen LogP contribution in [0.15, 0.2) is 40.2 Å². The zero-order chi connectivity index (χ0) is 18.8. The topological polar surface area (TPSA) is 79.2 Å². The third kappa shape index (κ3) is 3.83. The van der Waals surface area contributed by atoms with Crippen molar-refractivity contribution in [2.75, 3.05) is 21.2 Å². The van der Waals surface area contributed by atoms with E-state index in [1.165, 1.54) is 37.8 Å². The fraction of sp³-hybridized carbons (Fsp3) is 0.278. The molecule has 0 aromatic heterocycles. The quantitative estimate of drug-likeness (QED) is 0.829. The molecular formula is C18H22N2O4S. The lowest BCUT2D eigenvalue weighted by Crippen LogP contribution is -2.22. The maximum Gasteiger partial charge on any atom is 0.242 e. The molecule has 1 N–H and O–H groups in total. The maximum atomic E-state index is 12.4. The number of benzene rings is 2. The van der Waals surface area contributed by atoms with Gasteiger partial charge in [0.1, 0.15) is 0 Å². The molecule has 0 saturated heterocycles. The molecule has 7 heteroatoms. The number of nitrogens with zero attached hydrogens (tertiary/aromatic N) is 2. The Morgan fingerprint density at radius 3 is 2.48 bits per heavy atom. The minimum absolute atomic E-state index is 0.0137. The Kier molecular flexibility index (Phi) is 5.49. The van der Waals surface area contributed by atoms with Gasteiger partial charge in [0.15, 0.2) is 11.5 Å². The molecule has 25 heavy (non-hydrogen) atoms. The summed E-state index contributed by atoms with van der Waals surface area (Å²) in [4.78, 5) is 4.57. The van der Waals surface area contributed by atoms with Crippen LogP contribution in [0.3, 0.4) is 0 Å². The zero-order valence-corrected chi connectivity index (χ0v) is 15.8. The number of methoxy groups -OCH3 is 1. The maximum absolute atomic E-state index is 12.4. The van der Waals surface area contributed by atoms with E-state index in [2.05, 4.69) is 4.99 Å². The van der Waals surface area contributed by atoms with Gasteiger partial charge in [-0.25, -0.2) is 12.7 Å². The van der Waals surface area contributed by atoms with Gasteiger partial charge in [-0.2, -0.15) is 0 Å². The first-order chi connectivity index (χ1) is 11.7. The average Bonchev–Trinajstić information content (AvgIpc) is 2.56. The van der Waals surface area contributed by atoms with Gasteiger partial charge in [-0.05, 0) is 49.2 Å². The van der Waals surface area contributed by atoms with Gasteiger partial charge in [-0.15, -0.1) is 0 Å². The van der Waals surface area contributed by atoms with Crippen molar-refractivity contribution in [2.24, 2.45) is 4.99 Å². The van der Waals surface area contributed by atoms with E-state index in [0.29, 0.717) is 17.0 Å². The first-order valence-electron chi connectivity index (χ1n) is 7.62. The predicted octanol–water partition coefficient (Wildman–Crippen LogP) is 3.02. The Bertz CT molecular complexity index is 919. The second-order valence-electron chi connectivity index (χ2n) is 5.83. The van der Waals surface area contributed by atoms with E-state index in [4.69, 9.17) is 4.74 Å². The summed E-state index contributed by atoms with van der Waals surface area (Å²) < 4.78 is 31.0. The number of sulfonamides is 1. The lowest BCUT2D eigenvalue weighted by Gasteiger charge is -2.14. The van der Waals surface area contributed by atoms with Crippen LogP contribution in [0.5, 0.6) is 11.5 Å². The number of hydrogen-bond acceptors (Lipinski definition) is 5. The molecule has 6 nitrogen and oxygen atoms in total. The molecule has 2 aromatic rings. The highest BCUT2D eigenvalue weighted by Gasteiger charge is 2.19. The Hall–Kier alpha value is -2.38. The van der Waals surface area contributed by atoms with Gasteiger partial charge in [0, 0.05) is 25.9 Å². The number of hydrogen-bond donors (Lipinski definition) is 1. The molecule has 0 atom stereocenters. The minimum atomic E-state index is -3.55. The van der Waals surface area contributed by atoms with Crippen LogP contribution in [-0.4, -0.2) is 45.2 Å². The molecule has 0 bridgehead atoms. The summed E-state index contributed by atoms with van der Waals surface area (Å²) in [5, 5.41) is 10.1. The number of ether oxygens (including phenoxy) is 1. The Balaban J connectivity index is 2.52. The molecule has 0 spiro atoms. The van der Waals surface area contributed by atoms with Crippen molar-refractivity contribution in [3.05, 3.63) is 47.0 Å². The van der Waals surface area contributed by atoms with Crippen LogP contribution in [0.1, 0.15) is 16.7 Å². The first kappa shape index (κ1) is 19.0. The van der Waals surface area contributed by atoms with Crippen molar-refractivity contribution in [1.29, 1.82) is 0 Å². The molecule has 134 valence electrons. The van der Waals surface area contributed by atoms with E-state index in [0.717, 1.165) is 11.1 Å². The molecule has 0 heterocycles. The second-order valence-corrected chi connectivity index (χ2v) is 7.98. The highest BCUT2D eigenvalue weighted by molar-refractivity contribution is 7.89. The standard InChI is InChI=1S/C18H22N2O4S/c1-12-9-15(25(22,23)20(3)4)10-16(13(12)2)19-11-14-7-6-8-17(24-5)18(14)21/h6-11,21H,1-5H3. The Morgan fingerprint density at radius 1 is 1.20 bits per heavy atom. The second kappa shape index (κ2) is 7.25. The Labute approximate surface area is 148 Å². The molecule has 2 rings (SSSR count). The summed E-state index contributed by atoms with van der Waals surface area (Å²) >= 11 is 0. The minimum Gasteiger partial charge on any atom is -0.504 e. The van der Waals surface area contributed by atoms with Crippen LogP contribution in [0, 0.1) is 13.8 Å². The van der Waals surface area contributed by atoms with E-state index in [9.17, 15) is 13.5 Å². The largest absolute Gasteiger partial charge is 0.504 e. The first-order valence-corrected chi connectivity index (χ1v) is 9.06. The molecule has 0 aliphatic rings. The fourth-order valence-corrected chi connectivity index (χ4v) is 3.26. The summed E-state index contributed by atoms with van der Waals surface area (Å²) in [6, 6.07) is 8.25. The molecule has 0 aliphatic heterocycles. The lowest BCUT2D eigenvalue weighted by molar-refractivity contribution is 0.373. The summed E-state index contributed by atoms with van der Waals surface area (Å²) in [7, 11) is 0.897. The van der Waals surface area contributed by atoms with Crippen LogP contribution in [0.4, 0.5) is 5.69 Å². The van der Waals surface area contributed by atoms with Crippen LogP contribution in [0.2, 0.25) is 0 Å². The third-order valence-corrected chi connectivity index (χ3v) is 5.78. The van der Waals surface area contributed by atoms with Crippen LogP contribution < -0.4 is 4.74 Å². The van der Waals surface area contributed by atoms with Gasteiger partial charge < -0.3 is 9.84 Å². The predicted molar refractivity (Wildman–Crippen MR) is 98.7 cm³/mol. The lowest BCUT2D eigenvalue weighted by atomic mass is 10.1. The molecule has 0 saturated carbocycles. The number of phenols is 1. The van der Waals surface area contributed by atoms with Crippen molar-refractivity contribution in [3.8, 4) is 11.5 Å². The van der Waals surface area contributed by atoms with Gasteiger partial charge in [0.2, 0.25) is 10.0 Å². The third-order valence-electron chi connectivity index (χ3n) is 3.98. The zero-order valence-electron chi connectivity index (χ0n) is 14.9. The van der Waals surface area contributed by atoms with Gasteiger partial charge in [0.25, 0.3) is 0 Å². The van der Waals surface area contributed by atoms with Crippen molar-refractivity contribution in [3.63, 3.8) is 0 Å². The highest BCUT2D eigenvalue weighted by atomic mass is 32.2. The monoisotopic (exact) mass is 362 g/mol. The number of phenolic OH excluding ortho intramolecular Hbond substituents is 1. The normalized spacial score (nSPS) is 12.1. The van der Waals surface area contributed by atoms with E-state index < -0.39 is 10.0 Å². The van der Waals surface area contributed by atoms with Gasteiger partial charge in [0.05, 0.1) is 17.7 Å². The molecular weight excluding hydrogens is 340 g/mol. The van der Waals surface area contributed by atoms with E-state index in [-0.39, 0.29) is 10.6 Å². The molecule has 0 unspecified atom stereocenters. The van der Waals surface area contributed by atoms with Crippen molar-refractivity contribution in [2.45, 2.75) is 18.7 Å². The average molecular weight is 362 g/mol. The Morgan fingerprint density at radius 2 is 1.88 bits per heavy atom. The van der Waals surface area contributed by atoms with Crippen molar-refractivity contribution in [1.82, 2.24) is 4.31 Å². The van der Waals surface area contributed by atoms with Gasteiger partial charge >= 0.3 is 0 Å². The van der Waals surface area contributed by atoms with E-state index >= 15 is 0 Å². The van der Waals surface area contributed by atoms with Crippen LogP contribution >= 0.6 is 0 Å². The number of aryl methyl sites for hydroxylation is 1. The highest BCUT2D eigenvalue weighted by Crippen LogP contribution is 2.30. The fourth-order valence-electron chi connectivity index (χ4n) is 2.25. The molecule has 0 radical (unpaired) electrons. The number of para-hydroxylation sites is 1. The number of aliphatic imine (C=N–C) groups is 1. The van der Waals surface area contributed by atoms with E-state index in [1.807, 2.05) is 13.8 Å². The van der Waals surface area contributed by atoms with Crippen molar-refractivity contribution < 1.29 is 18.3 Å². The molecule has 0 amide bonds. The van der Waals surface area contributed by atoms with Gasteiger partial charge in [-0.3, -0.25) is 4.99 Å². The van der Waals surface area contributed by atoms with E-state index in [1.54, 1.807) is 24.3 Å². The molecule has 0 aliphatic carbocycles. The molecule has 2 aromatic carbocycles. The summed E-state index contributed by atoms with van der Waals surface area (Å²) in [6.07, 6.45) is 1.49. The smallest absolute Gasteiger partial charge is 0.242 e. The van der Waals surface area contributed by atoms with Crippen molar-refractivity contribution >= 4 is 21.9 Å². The number of rotatable bonds is 5. The summed E-state index contributed by atoms with van der Waals surface area (Å²) in [6.45, 7) is 3.71. The summed E-state index contributed by atoms with van der Waals surface area (Å²) in [5.74, 6) is 0.334. The SMILES string of the molecule is COc1cccc(C=Nc2cc(S(=O)(=O)N(C)C)cc(C)c2C)c1O. The molecule has 0 fully saturated rings. The van der Waals surface area contributed by atoms with Gasteiger partial charge in [-0.1, -0.05) is 6.07 Å². The van der Waals surface area contributed by atoms with Crippen LogP contribution in [0.25, 0.3) is 0 Å². The van der Waals surface area contributed by atoms with Crippen LogP contribution in [-0.2, 0) is 10.0 Å². The number of aromatic hydroxyl groups is 1.